The Bertz CT molecular complexity index is 1540. The SMILES string of the molecule is CCn1c2ccccc2c2cc(NC(=O)Cn3ncc4c3-c3cc(C)ccc3OC4)ccc21. The first kappa shape index (κ1) is 19.6. The van der Waals surface area contributed by atoms with Gasteiger partial charge in [-0.05, 0) is 50.2 Å². The van der Waals surface area contributed by atoms with Gasteiger partial charge < -0.3 is 14.6 Å². The molecule has 3 aromatic carbocycles. The van der Waals surface area contributed by atoms with Crippen LogP contribution in [0.2, 0.25) is 0 Å². The van der Waals surface area contributed by atoms with Crippen LogP contribution in [0, 0.1) is 6.92 Å². The molecule has 1 N–H and O–H groups in total. The molecule has 0 saturated carbocycles. The number of hydrogen-bond acceptors (Lipinski definition) is 3. The second-order valence-corrected chi connectivity index (χ2v) is 8.51. The van der Waals surface area contributed by atoms with Crippen molar-refractivity contribution in [1.29, 1.82) is 0 Å². The van der Waals surface area contributed by atoms with Crippen molar-refractivity contribution in [2.24, 2.45) is 0 Å². The number of nitrogens with zero attached hydrogens (tertiary/aromatic N) is 3. The van der Waals surface area contributed by atoms with Crippen molar-refractivity contribution in [1.82, 2.24) is 14.3 Å². The van der Waals surface area contributed by atoms with E-state index in [4.69, 9.17) is 4.74 Å². The van der Waals surface area contributed by atoms with Crippen LogP contribution in [-0.4, -0.2) is 20.3 Å². The minimum atomic E-state index is -0.111. The number of carbonyl (C=O) groups excluding carboxylic acids is 1. The van der Waals surface area contributed by atoms with Crippen molar-refractivity contribution in [2.45, 2.75) is 33.5 Å². The van der Waals surface area contributed by atoms with Gasteiger partial charge in [-0.15, -0.1) is 0 Å². The molecule has 3 heterocycles. The maximum Gasteiger partial charge on any atom is 0.246 e. The van der Waals surface area contributed by atoms with Crippen molar-refractivity contribution in [3.05, 3.63) is 78.0 Å². The summed E-state index contributed by atoms with van der Waals surface area (Å²) in [5.74, 6) is 0.716. The van der Waals surface area contributed by atoms with E-state index in [9.17, 15) is 4.79 Å². The van der Waals surface area contributed by atoms with Gasteiger partial charge in [-0.25, -0.2) is 0 Å². The number of aryl methyl sites for hydroxylation is 2. The fourth-order valence-electron chi connectivity index (χ4n) is 4.88. The lowest BCUT2D eigenvalue weighted by Gasteiger charge is -2.19. The molecule has 33 heavy (non-hydrogen) atoms. The summed E-state index contributed by atoms with van der Waals surface area (Å²) in [4.78, 5) is 13.0. The summed E-state index contributed by atoms with van der Waals surface area (Å²) in [5.41, 5.74) is 7.23. The number of anilines is 1. The highest BCUT2D eigenvalue weighted by atomic mass is 16.5. The van der Waals surface area contributed by atoms with E-state index >= 15 is 0 Å². The Labute approximate surface area is 191 Å². The molecule has 0 saturated heterocycles. The van der Waals surface area contributed by atoms with Gasteiger partial charge in [-0.1, -0.05) is 29.8 Å². The Morgan fingerprint density at radius 1 is 1.06 bits per heavy atom. The van der Waals surface area contributed by atoms with E-state index < -0.39 is 0 Å². The highest BCUT2D eigenvalue weighted by Gasteiger charge is 2.23. The summed E-state index contributed by atoms with van der Waals surface area (Å²) in [5, 5.41) is 9.89. The van der Waals surface area contributed by atoms with Crippen molar-refractivity contribution < 1.29 is 9.53 Å². The average molecular weight is 437 g/mol. The lowest BCUT2D eigenvalue weighted by atomic mass is 10.0. The van der Waals surface area contributed by atoms with Gasteiger partial charge in [0.15, 0.2) is 0 Å². The monoisotopic (exact) mass is 436 g/mol. The number of amides is 1. The third-order valence-corrected chi connectivity index (χ3v) is 6.35. The maximum absolute atomic E-state index is 13.0. The largest absolute Gasteiger partial charge is 0.488 e. The molecule has 0 bridgehead atoms. The molecule has 0 atom stereocenters. The molecule has 0 aliphatic carbocycles. The van der Waals surface area contributed by atoms with E-state index in [0.29, 0.717) is 6.61 Å². The minimum absolute atomic E-state index is 0.111. The van der Waals surface area contributed by atoms with Gasteiger partial charge in [0, 0.05) is 45.2 Å². The quantitative estimate of drug-likeness (QED) is 0.404. The molecule has 6 heteroatoms. The van der Waals surface area contributed by atoms with E-state index in [0.717, 1.165) is 45.8 Å². The van der Waals surface area contributed by atoms with Crippen LogP contribution in [0.1, 0.15) is 18.1 Å². The summed E-state index contributed by atoms with van der Waals surface area (Å²) >= 11 is 0. The third-order valence-electron chi connectivity index (χ3n) is 6.35. The van der Waals surface area contributed by atoms with Crippen molar-refractivity contribution in [2.75, 3.05) is 5.32 Å². The second kappa shape index (κ2) is 7.52. The van der Waals surface area contributed by atoms with Gasteiger partial charge in [-0.3, -0.25) is 9.48 Å². The highest BCUT2D eigenvalue weighted by molar-refractivity contribution is 6.09. The average Bonchev–Trinajstić information content (AvgIpc) is 3.37. The molecule has 0 radical (unpaired) electrons. The van der Waals surface area contributed by atoms with Crippen molar-refractivity contribution >= 4 is 33.4 Å². The molecular formula is C27H24N4O2. The molecule has 0 fully saturated rings. The van der Waals surface area contributed by atoms with E-state index in [-0.39, 0.29) is 12.5 Å². The topological polar surface area (TPSA) is 61.1 Å². The fraction of sp³-hybridized carbons (Fsp3) is 0.185. The number of aromatic nitrogens is 3. The summed E-state index contributed by atoms with van der Waals surface area (Å²) < 4.78 is 9.92. The molecule has 2 aromatic heterocycles. The Morgan fingerprint density at radius 2 is 1.91 bits per heavy atom. The molecule has 0 unspecified atom stereocenters. The number of para-hydroxylation sites is 1. The van der Waals surface area contributed by atoms with Crippen molar-refractivity contribution in [3.63, 3.8) is 0 Å². The maximum atomic E-state index is 13.0. The van der Waals surface area contributed by atoms with Crippen LogP contribution in [0.25, 0.3) is 33.1 Å². The van der Waals surface area contributed by atoms with Gasteiger partial charge >= 0.3 is 0 Å². The van der Waals surface area contributed by atoms with Gasteiger partial charge in [0.1, 0.15) is 18.9 Å². The molecule has 6 rings (SSSR count). The molecule has 1 aliphatic rings. The van der Waals surface area contributed by atoms with Gasteiger partial charge in [0.05, 0.1) is 11.9 Å². The van der Waals surface area contributed by atoms with Crippen molar-refractivity contribution in [3.8, 4) is 17.0 Å². The molecular weight excluding hydrogens is 412 g/mol. The number of benzene rings is 3. The zero-order chi connectivity index (χ0) is 22.5. The summed E-state index contributed by atoms with van der Waals surface area (Å²) in [6.45, 7) is 5.69. The first-order valence-electron chi connectivity index (χ1n) is 11.2. The van der Waals surface area contributed by atoms with Gasteiger partial charge in [0.25, 0.3) is 0 Å². The van der Waals surface area contributed by atoms with E-state index in [1.54, 1.807) is 10.9 Å². The third kappa shape index (κ3) is 3.18. The van der Waals surface area contributed by atoms with Crippen LogP contribution in [-0.2, 0) is 24.5 Å². The van der Waals surface area contributed by atoms with Crippen LogP contribution in [0.15, 0.2) is 66.9 Å². The standard InChI is InChI=1S/C27H24N4O2/c1-3-30-23-7-5-4-6-20(23)21-13-19(9-10-24(21)30)29-26(32)15-31-27-18(14-28-31)16-33-25-11-8-17(2)12-22(25)27/h4-14H,3,15-16H2,1-2H3,(H,29,32). The predicted octanol–water partition coefficient (Wildman–Crippen LogP) is 5.52. The lowest BCUT2D eigenvalue weighted by molar-refractivity contribution is -0.116. The zero-order valence-electron chi connectivity index (χ0n) is 18.6. The first-order chi connectivity index (χ1) is 16.1. The van der Waals surface area contributed by atoms with Gasteiger partial charge in [-0.2, -0.15) is 5.10 Å². The van der Waals surface area contributed by atoms with Crippen LogP contribution in [0.4, 0.5) is 5.69 Å². The smallest absolute Gasteiger partial charge is 0.246 e. The number of nitrogens with one attached hydrogen (secondary N) is 1. The predicted molar refractivity (Wildman–Crippen MR) is 130 cm³/mol. The second-order valence-electron chi connectivity index (χ2n) is 8.51. The van der Waals surface area contributed by atoms with E-state index in [2.05, 4.69) is 64.4 Å². The van der Waals surface area contributed by atoms with Crippen LogP contribution >= 0.6 is 0 Å². The number of ether oxygens (including phenoxy) is 1. The van der Waals surface area contributed by atoms with Gasteiger partial charge in [0.2, 0.25) is 5.91 Å². The highest BCUT2D eigenvalue weighted by Crippen LogP contribution is 2.38. The number of fused-ring (bicyclic) bond motifs is 6. The minimum Gasteiger partial charge on any atom is -0.488 e. The molecule has 1 amide bonds. The van der Waals surface area contributed by atoms with Crippen LogP contribution < -0.4 is 10.1 Å². The number of hydrogen-bond donors (Lipinski definition) is 1. The molecule has 6 nitrogen and oxygen atoms in total. The zero-order valence-corrected chi connectivity index (χ0v) is 18.6. The summed E-state index contributed by atoms with van der Waals surface area (Å²) in [7, 11) is 0. The Hall–Kier alpha value is -4.06. The van der Waals surface area contributed by atoms with Crippen LogP contribution in [0.3, 0.4) is 0 Å². The lowest BCUT2D eigenvalue weighted by Crippen LogP contribution is -2.21. The Morgan fingerprint density at radius 3 is 2.79 bits per heavy atom. The van der Waals surface area contributed by atoms with E-state index in [1.165, 1.54) is 16.4 Å². The first-order valence-corrected chi connectivity index (χ1v) is 11.2. The Kier molecular flexibility index (Phi) is 4.47. The number of carbonyl (C=O) groups is 1. The number of rotatable bonds is 4. The van der Waals surface area contributed by atoms with E-state index in [1.807, 2.05) is 25.1 Å². The Balaban J connectivity index is 1.31. The molecule has 5 aromatic rings. The molecule has 164 valence electrons. The molecule has 1 aliphatic heterocycles. The summed E-state index contributed by atoms with van der Waals surface area (Å²) in [6.07, 6.45) is 1.79. The van der Waals surface area contributed by atoms with Crippen LogP contribution in [0.5, 0.6) is 5.75 Å². The normalized spacial score (nSPS) is 12.4. The fourth-order valence-corrected chi connectivity index (χ4v) is 4.88. The summed E-state index contributed by atoms with van der Waals surface area (Å²) in [6, 6.07) is 20.6. The molecule has 0 spiro atoms.